The number of aromatic nitrogens is 1. The summed E-state index contributed by atoms with van der Waals surface area (Å²) < 4.78 is 31.6. The van der Waals surface area contributed by atoms with Gasteiger partial charge in [0.15, 0.2) is 15.0 Å². The molecular formula is C24H28N2O4S2. The Morgan fingerprint density at radius 3 is 2.62 bits per heavy atom. The molecule has 1 unspecified atom stereocenters. The molecule has 170 valence electrons. The number of carbonyl (C=O) groups excluding carboxylic acids is 1. The first kappa shape index (κ1) is 22.9. The molecule has 1 amide bonds. The van der Waals surface area contributed by atoms with Crippen LogP contribution < -0.4 is 4.90 Å². The van der Waals surface area contributed by atoms with Gasteiger partial charge in [0.2, 0.25) is 5.91 Å². The summed E-state index contributed by atoms with van der Waals surface area (Å²) in [6, 6.07) is 12.7. The molecular weight excluding hydrogens is 444 g/mol. The van der Waals surface area contributed by atoms with Crippen LogP contribution in [0.15, 0.2) is 47.4 Å². The van der Waals surface area contributed by atoms with Crippen molar-refractivity contribution < 1.29 is 17.9 Å². The standard InChI is InChI=1S/C24H28N2O4S2/c1-16(2)32(28,29)20-9-7-18(8-10-20)14-23(27)26(15-19-5-4-12-30-19)24-25-21-11-6-17(3)13-22(21)31-24/h6-11,13,16,19H,4-5,12,14-15H2,1-3H3. The molecule has 32 heavy (non-hydrogen) atoms. The van der Waals surface area contributed by atoms with Gasteiger partial charge in [-0.1, -0.05) is 29.5 Å². The van der Waals surface area contributed by atoms with Crippen LogP contribution in [-0.2, 0) is 25.8 Å². The van der Waals surface area contributed by atoms with E-state index in [0.29, 0.717) is 11.7 Å². The summed E-state index contributed by atoms with van der Waals surface area (Å²) in [6.07, 6.45) is 2.10. The van der Waals surface area contributed by atoms with E-state index in [4.69, 9.17) is 9.72 Å². The van der Waals surface area contributed by atoms with Crippen LogP contribution in [0.2, 0.25) is 0 Å². The number of hydrogen-bond acceptors (Lipinski definition) is 6. The topological polar surface area (TPSA) is 76.6 Å². The van der Waals surface area contributed by atoms with Crippen molar-refractivity contribution in [2.24, 2.45) is 0 Å². The van der Waals surface area contributed by atoms with Crippen molar-refractivity contribution >= 4 is 42.4 Å². The number of nitrogens with zero attached hydrogens (tertiary/aromatic N) is 2. The van der Waals surface area contributed by atoms with Gasteiger partial charge in [-0.25, -0.2) is 13.4 Å². The highest BCUT2D eigenvalue weighted by molar-refractivity contribution is 7.92. The molecule has 1 aliphatic rings. The molecule has 0 bridgehead atoms. The van der Waals surface area contributed by atoms with Crippen molar-refractivity contribution in [2.45, 2.75) is 56.3 Å². The van der Waals surface area contributed by atoms with Crippen LogP contribution >= 0.6 is 11.3 Å². The van der Waals surface area contributed by atoms with E-state index < -0.39 is 15.1 Å². The van der Waals surface area contributed by atoms with Gasteiger partial charge in [-0.2, -0.15) is 0 Å². The molecule has 0 saturated carbocycles. The Hall–Kier alpha value is -2.29. The predicted octanol–water partition coefficient (Wildman–Crippen LogP) is 4.54. The minimum absolute atomic E-state index is 0.00580. The molecule has 3 aromatic rings. The highest BCUT2D eigenvalue weighted by Gasteiger charge is 2.26. The predicted molar refractivity (Wildman–Crippen MR) is 128 cm³/mol. The lowest BCUT2D eigenvalue weighted by atomic mass is 10.1. The molecule has 6 nitrogen and oxygen atoms in total. The number of anilines is 1. The second kappa shape index (κ2) is 9.29. The van der Waals surface area contributed by atoms with E-state index in [0.717, 1.165) is 40.8 Å². The average Bonchev–Trinajstić information content (AvgIpc) is 3.41. The highest BCUT2D eigenvalue weighted by Crippen LogP contribution is 2.31. The maximum atomic E-state index is 13.4. The second-order valence-electron chi connectivity index (χ2n) is 8.52. The van der Waals surface area contributed by atoms with Crippen LogP contribution in [0.1, 0.15) is 37.8 Å². The summed E-state index contributed by atoms with van der Waals surface area (Å²) >= 11 is 1.51. The number of hydrogen-bond donors (Lipinski definition) is 0. The van der Waals surface area contributed by atoms with Crippen molar-refractivity contribution in [1.29, 1.82) is 0 Å². The fourth-order valence-electron chi connectivity index (χ4n) is 3.75. The molecule has 4 rings (SSSR count). The number of benzene rings is 2. The first-order valence-electron chi connectivity index (χ1n) is 10.9. The van der Waals surface area contributed by atoms with Gasteiger partial charge < -0.3 is 4.74 Å². The second-order valence-corrected chi connectivity index (χ2v) is 12.0. The lowest BCUT2D eigenvalue weighted by Crippen LogP contribution is -2.38. The minimum Gasteiger partial charge on any atom is -0.376 e. The summed E-state index contributed by atoms with van der Waals surface area (Å²) in [5.74, 6) is -0.0734. The van der Waals surface area contributed by atoms with Crippen molar-refractivity contribution in [3.63, 3.8) is 0 Å². The van der Waals surface area contributed by atoms with E-state index in [2.05, 4.69) is 6.07 Å². The van der Waals surface area contributed by atoms with Crippen LogP contribution in [0, 0.1) is 6.92 Å². The van der Waals surface area contributed by atoms with Crippen LogP contribution in [0.4, 0.5) is 5.13 Å². The Labute approximate surface area is 193 Å². The molecule has 2 heterocycles. The van der Waals surface area contributed by atoms with Crippen molar-refractivity contribution in [3.05, 3.63) is 53.6 Å². The molecule has 2 aromatic carbocycles. The molecule has 1 saturated heterocycles. The van der Waals surface area contributed by atoms with E-state index in [-0.39, 0.29) is 23.3 Å². The first-order valence-corrected chi connectivity index (χ1v) is 13.2. The molecule has 8 heteroatoms. The van der Waals surface area contributed by atoms with Gasteiger partial charge >= 0.3 is 0 Å². The summed E-state index contributed by atoms with van der Waals surface area (Å²) in [5.41, 5.74) is 2.80. The van der Waals surface area contributed by atoms with E-state index in [1.165, 1.54) is 11.3 Å². The summed E-state index contributed by atoms with van der Waals surface area (Å²) in [6.45, 7) is 6.55. The molecule has 0 aliphatic carbocycles. The maximum Gasteiger partial charge on any atom is 0.233 e. The maximum absolute atomic E-state index is 13.4. The zero-order valence-corrected chi connectivity index (χ0v) is 20.2. The van der Waals surface area contributed by atoms with Crippen LogP contribution in [-0.4, -0.2) is 43.8 Å². The lowest BCUT2D eigenvalue weighted by molar-refractivity contribution is -0.118. The Bertz CT molecular complexity index is 1210. The Morgan fingerprint density at radius 1 is 1.22 bits per heavy atom. The third-order valence-electron chi connectivity index (χ3n) is 5.70. The number of ether oxygens (including phenoxy) is 1. The van der Waals surface area contributed by atoms with E-state index >= 15 is 0 Å². The third kappa shape index (κ3) is 4.87. The Balaban J connectivity index is 1.58. The molecule has 1 fully saturated rings. The van der Waals surface area contributed by atoms with Gasteiger partial charge in [0.25, 0.3) is 0 Å². The largest absolute Gasteiger partial charge is 0.376 e. The summed E-state index contributed by atoms with van der Waals surface area (Å²) in [5, 5.41) is 0.185. The van der Waals surface area contributed by atoms with Gasteiger partial charge in [-0.3, -0.25) is 9.69 Å². The fourth-order valence-corrected chi connectivity index (χ4v) is 5.90. The van der Waals surface area contributed by atoms with Gasteiger partial charge in [0, 0.05) is 6.61 Å². The van der Waals surface area contributed by atoms with Crippen molar-refractivity contribution in [1.82, 2.24) is 4.98 Å². The molecule has 0 spiro atoms. The number of sulfone groups is 1. The number of rotatable bonds is 7. The minimum atomic E-state index is -3.34. The smallest absolute Gasteiger partial charge is 0.233 e. The quantitative estimate of drug-likeness (QED) is 0.505. The summed E-state index contributed by atoms with van der Waals surface area (Å²) in [4.78, 5) is 20.1. The SMILES string of the molecule is Cc1ccc2nc(N(CC3CCCO3)C(=O)Cc3ccc(S(=O)(=O)C(C)C)cc3)sc2c1. The van der Waals surface area contributed by atoms with Gasteiger partial charge in [-0.05, 0) is 69.0 Å². The van der Waals surface area contributed by atoms with E-state index in [1.807, 2.05) is 19.1 Å². The Morgan fingerprint density at radius 2 is 1.97 bits per heavy atom. The first-order chi connectivity index (χ1) is 15.2. The number of carbonyl (C=O) groups is 1. The van der Waals surface area contributed by atoms with Crippen LogP contribution in [0.3, 0.4) is 0 Å². The van der Waals surface area contributed by atoms with Gasteiger partial charge in [0.1, 0.15) is 0 Å². The summed E-state index contributed by atoms with van der Waals surface area (Å²) in [7, 11) is -3.34. The third-order valence-corrected chi connectivity index (χ3v) is 8.91. The normalized spacial score (nSPS) is 16.7. The monoisotopic (exact) mass is 472 g/mol. The molecule has 1 atom stereocenters. The zero-order chi connectivity index (χ0) is 22.9. The molecule has 0 N–H and O–H groups in total. The number of amides is 1. The molecule has 1 aliphatic heterocycles. The number of thiazole rings is 1. The average molecular weight is 473 g/mol. The molecule has 0 radical (unpaired) electrons. The number of fused-ring (bicyclic) bond motifs is 1. The van der Waals surface area contributed by atoms with E-state index in [1.54, 1.807) is 43.0 Å². The van der Waals surface area contributed by atoms with Gasteiger partial charge in [0.05, 0.1) is 39.4 Å². The molecule has 1 aromatic heterocycles. The van der Waals surface area contributed by atoms with Crippen LogP contribution in [0.5, 0.6) is 0 Å². The number of aryl methyl sites for hydroxylation is 1. The zero-order valence-electron chi connectivity index (χ0n) is 18.6. The van der Waals surface area contributed by atoms with Gasteiger partial charge in [-0.15, -0.1) is 0 Å². The van der Waals surface area contributed by atoms with Crippen molar-refractivity contribution in [2.75, 3.05) is 18.1 Å². The van der Waals surface area contributed by atoms with Crippen molar-refractivity contribution in [3.8, 4) is 0 Å². The highest BCUT2D eigenvalue weighted by atomic mass is 32.2. The van der Waals surface area contributed by atoms with E-state index in [9.17, 15) is 13.2 Å². The Kier molecular flexibility index (Phi) is 6.65. The lowest BCUT2D eigenvalue weighted by Gasteiger charge is -2.23. The fraction of sp³-hybridized carbons (Fsp3) is 0.417. The van der Waals surface area contributed by atoms with Crippen LogP contribution in [0.25, 0.3) is 10.2 Å².